The molecule has 1 rings (SSSR count). The number of hydrogen-bond donors (Lipinski definition) is 1. The van der Waals surface area contributed by atoms with E-state index < -0.39 is 0 Å². The van der Waals surface area contributed by atoms with Gasteiger partial charge in [-0.3, -0.25) is 0 Å². The van der Waals surface area contributed by atoms with Crippen LogP contribution in [0, 0.1) is 0 Å². The Balaban J connectivity index is 2.74. The van der Waals surface area contributed by atoms with Crippen LogP contribution in [0.3, 0.4) is 0 Å². The van der Waals surface area contributed by atoms with Gasteiger partial charge in [0.15, 0.2) is 0 Å². The van der Waals surface area contributed by atoms with Crippen molar-refractivity contribution >= 4 is 41.5 Å². The lowest BCUT2D eigenvalue weighted by Crippen LogP contribution is -1.69. The van der Waals surface area contributed by atoms with Gasteiger partial charge in [0.1, 0.15) is 0 Å². The molecule has 0 radical (unpaired) electrons. The van der Waals surface area contributed by atoms with Crippen molar-refractivity contribution in [3.63, 3.8) is 0 Å². The molecule has 0 saturated carbocycles. The highest BCUT2D eigenvalue weighted by molar-refractivity contribution is 14.2. The fourth-order valence-corrected chi connectivity index (χ4v) is 2.90. The quantitative estimate of drug-likeness (QED) is 0.835. The van der Waals surface area contributed by atoms with Crippen molar-refractivity contribution in [2.24, 2.45) is 0 Å². The largest absolute Gasteiger partial charge is 0.391 e. The molecule has 0 fully saturated rings. The third kappa shape index (κ3) is 2.10. The molecule has 0 aliphatic carbocycles. The molecule has 0 aliphatic heterocycles. The fraction of sp³-hybridized carbons (Fsp3) is 0.200. The van der Waals surface area contributed by atoms with Crippen LogP contribution in [-0.2, 0) is 6.61 Å². The van der Waals surface area contributed by atoms with Crippen molar-refractivity contribution in [1.29, 1.82) is 0 Å². The monoisotopic (exact) mass is 272 g/mol. The summed E-state index contributed by atoms with van der Waals surface area (Å²) in [6, 6.07) is 3.97. The number of halogens is 1. The number of aliphatic hydroxyl groups excluding tert-OH is 1. The summed E-state index contributed by atoms with van der Waals surface area (Å²) in [5.41, 5.74) is 0. The molecule has 0 unspecified atom stereocenters. The van der Waals surface area contributed by atoms with Crippen molar-refractivity contribution in [3.05, 3.63) is 17.0 Å². The van der Waals surface area contributed by atoms with Gasteiger partial charge in [-0.05, 0) is 21.1 Å². The lowest BCUT2D eigenvalue weighted by atomic mass is 10.5. The van der Waals surface area contributed by atoms with Gasteiger partial charge in [-0.1, -0.05) is 0 Å². The minimum atomic E-state index is 0.169. The van der Waals surface area contributed by atoms with Crippen LogP contribution in [0.15, 0.2) is 16.3 Å². The molecule has 1 aromatic rings. The van der Waals surface area contributed by atoms with Gasteiger partial charge in [-0.25, -0.2) is 0 Å². The molecule has 0 atom stereocenters. The summed E-state index contributed by atoms with van der Waals surface area (Å²) in [4.78, 5) is 1.04. The highest BCUT2D eigenvalue weighted by atomic mass is 127. The molecule has 0 amide bonds. The maximum Gasteiger partial charge on any atom is 0.0774 e. The third-order valence-corrected chi connectivity index (χ3v) is 4.84. The maximum atomic E-state index is 8.65. The molecule has 9 heavy (non-hydrogen) atoms. The Morgan fingerprint density at radius 1 is 1.67 bits per heavy atom. The summed E-state index contributed by atoms with van der Waals surface area (Å²) in [6.07, 6.45) is 0. The molecule has 1 aromatic heterocycles. The molecule has 50 valence electrons. The molecule has 1 nitrogen and oxygen atoms in total. The van der Waals surface area contributed by atoms with Gasteiger partial charge >= 0.3 is 0 Å². The first kappa shape index (κ1) is 7.84. The predicted molar refractivity (Wildman–Crippen MR) is 50.1 cm³/mol. The summed E-state index contributed by atoms with van der Waals surface area (Å²) in [7, 11) is 1.68. The summed E-state index contributed by atoms with van der Waals surface area (Å²) in [6.45, 7) is 0.169. The van der Waals surface area contributed by atoms with E-state index in [2.05, 4.69) is 21.2 Å². The first-order valence-electron chi connectivity index (χ1n) is 2.35. The van der Waals surface area contributed by atoms with Gasteiger partial charge in [0.25, 0.3) is 0 Å². The maximum absolute atomic E-state index is 8.65. The van der Waals surface area contributed by atoms with Crippen LogP contribution >= 0.6 is 41.5 Å². The molecule has 0 spiro atoms. The number of thiophene rings is 1. The third-order valence-electron chi connectivity index (χ3n) is 0.869. The summed E-state index contributed by atoms with van der Waals surface area (Å²) >= 11 is 3.87. The zero-order valence-corrected chi connectivity index (χ0v) is 8.29. The Morgan fingerprint density at radius 3 is 2.78 bits per heavy atom. The average molecular weight is 272 g/mol. The van der Waals surface area contributed by atoms with E-state index in [4.69, 9.17) is 5.11 Å². The van der Waals surface area contributed by atoms with E-state index in [1.807, 2.05) is 12.1 Å². The van der Waals surface area contributed by atoms with E-state index in [-0.39, 0.29) is 6.61 Å². The summed E-state index contributed by atoms with van der Waals surface area (Å²) < 4.78 is 1.25. The molecule has 1 N–H and O–H groups in total. The van der Waals surface area contributed by atoms with E-state index in [0.717, 1.165) is 4.88 Å². The van der Waals surface area contributed by atoms with E-state index in [0.29, 0.717) is 0 Å². The highest BCUT2D eigenvalue weighted by Gasteiger charge is 1.95. The standard InChI is InChI=1S/C5H5IOS2/c6-9-5-2-1-4(3-7)8-5/h1-2,7H,3H2. The zero-order chi connectivity index (χ0) is 6.69. The van der Waals surface area contributed by atoms with Crippen LogP contribution in [0.2, 0.25) is 0 Å². The van der Waals surface area contributed by atoms with Crippen LogP contribution in [0.4, 0.5) is 0 Å². The molecule has 0 saturated heterocycles. The van der Waals surface area contributed by atoms with Crippen LogP contribution in [0.25, 0.3) is 0 Å². The van der Waals surface area contributed by atoms with Crippen LogP contribution in [0.1, 0.15) is 4.88 Å². The first-order chi connectivity index (χ1) is 4.36. The Hall–Kier alpha value is 0.740. The lowest BCUT2D eigenvalue weighted by molar-refractivity contribution is 0.285. The molecular weight excluding hydrogens is 267 g/mol. The van der Waals surface area contributed by atoms with Gasteiger partial charge in [-0.15, -0.1) is 11.3 Å². The average Bonchev–Trinajstić information content (AvgIpc) is 2.34. The normalized spacial score (nSPS) is 10.0. The SMILES string of the molecule is OCc1ccc(SI)s1. The predicted octanol–water partition coefficient (Wildman–Crippen LogP) is 2.68. The van der Waals surface area contributed by atoms with E-state index in [1.165, 1.54) is 4.21 Å². The summed E-state index contributed by atoms with van der Waals surface area (Å²) in [5, 5.41) is 8.65. The Kier molecular flexibility index (Phi) is 3.31. The summed E-state index contributed by atoms with van der Waals surface area (Å²) in [5.74, 6) is 0. The van der Waals surface area contributed by atoms with Crippen molar-refractivity contribution in [3.8, 4) is 0 Å². The van der Waals surface area contributed by atoms with Crippen LogP contribution in [0.5, 0.6) is 0 Å². The van der Waals surface area contributed by atoms with Crippen molar-refractivity contribution < 1.29 is 5.11 Å². The second-order valence-corrected chi connectivity index (χ2v) is 4.80. The van der Waals surface area contributed by atoms with Gasteiger partial charge < -0.3 is 5.11 Å². The van der Waals surface area contributed by atoms with Crippen LogP contribution < -0.4 is 0 Å². The Labute approximate surface area is 74.1 Å². The number of aliphatic hydroxyl groups is 1. The van der Waals surface area contributed by atoms with Crippen LogP contribution in [-0.4, -0.2) is 5.11 Å². The highest BCUT2D eigenvalue weighted by Crippen LogP contribution is 2.31. The lowest BCUT2D eigenvalue weighted by Gasteiger charge is -1.82. The molecule has 1 heterocycles. The van der Waals surface area contributed by atoms with Gasteiger partial charge in [0, 0.05) is 26.1 Å². The van der Waals surface area contributed by atoms with E-state index in [9.17, 15) is 0 Å². The molecule has 0 aromatic carbocycles. The molecule has 0 aliphatic rings. The Morgan fingerprint density at radius 2 is 2.44 bits per heavy atom. The second kappa shape index (κ2) is 3.80. The van der Waals surface area contributed by atoms with E-state index in [1.54, 1.807) is 20.3 Å². The smallest absolute Gasteiger partial charge is 0.0774 e. The minimum Gasteiger partial charge on any atom is -0.391 e. The van der Waals surface area contributed by atoms with Gasteiger partial charge in [-0.2, -0.15) is 0 Å². The Bertz CT molecular complexity index is 168. The number of rotatable bonds is 2. The fourth-order valence-electron chi connectivity index (χ4n) is 0.485. The van der Waals surface area contributed by atoms with Gasteiger partial charge in [0.2, 0.25) is 0 Å². The van der Waals surface area contributed by atoms with Crippen molar-refractivity contribution in [1.82, 2.24) is 0 Å². The molecule has 0 bridgehead atoms. The zero-order valence-electron chi connectivity index (χ0n) is 4.50. The van der Waals surface area contributed by atoms with Gasteiger partial charge in [0.05, 0.1) is 10.8 Å². The topological polar surface area (TPSA) is 20.2 Å². The molecular formula is C5H5IOS2. The van der Waals surface area contributed by atoms with E-state index >= 15 is 0 Å². The molecule has 4 heteroatoms. The first-order valence-corrected chi connectivity index (χ1v) is 6.52. The number of hydrogen-bond acceptors (Lipinski definition) is 3. The minimum absolute atomic E-state index is 0.169. The van der Waals surface area contributed by atoms with Crippen molar-refractivity contribution in [2.75, 3.05) is 0 Å². The van der Waals surface area contributed by atoms with Crippen molar-refractivity contribution in [2.45, 2.75) is 10.8 Å². The second-order valence-electron chi connectivity index (χ2n) is 1.46.